The van der Waals surface area contributed by atoms with Crippen LogP contribution >= 0.6 is 12.4 Å². The second-order valence-electron chi connectivity index (χ2n) is 9.24. The van der Waals surface area contributed by atoms with E-state index in [0.717, 1.165) is 18.7 Å². The molecule has 1 aliphatic heterocycles. The number of nitrogens with zero attached hydrogens (tertiary/aromatic N) is 1. The van der Waals surface area contributed by atoms with Crippen LogP contribution < -0.4 is 4.74 Å². The molecule has 4 heteroatoms. The molecule has 1 fully saturated rings. The monoisotopic (exact) mass is 445 g/mol. The first-order valence-corrected chi connectivity index (χ1v) is 11.9. The second kappa shape index (κ2) is 11.9. The van der Waals surface area contributed by atoms with Crippen molar-refractivity contribution in [2.75, 3.05) is 26.2 Å². The van der Waals surface area contributed by atoms with Crippen molar-refractivity contribution >= 4 is 12.4 Å². The topological polar surface area (TPSA) is 12.5 Å². The molecule has 2 unspecified atom stereocenters. The largest absolute Gasteiger partial charge is 0.493 e. The predicted molar refractivity (Wildman–Crippen MR) is 129 cm³/mol. The molecule has 0 bridgehead atoms. The zero-order chi connectivity index (χ0) is 20.8. The molecule has 2 nitrogen and oxygen atoms in total. The molecule has 4 rings (SSSR count). The Morgan fingerprint density at radius 1 is 0.903 bits per heavy atom. The second-order valence-corrected chi connectivity index (χ2v) is 9.24. The molecule has 1 heterocycles. The third-order valence-corrected chi connectivity index (χ3v) is 7.15. The van der Waals surface area contributed by atoms with Gasteiger partial charge in [-0.3, -0.25) is 0 Å². The minimum absolute atomic E-state index is 0. The Bertz CT molecular complexity index is 803. The van der Waals surface area contributed by atoms with Gasteiger partial charge in [0.2, 0.25) is 0 Å². The Labute approximate surface area is 193 Å². The third-order valence-electron chi connectivity index (χ3n) is 7.15. The van der Waals surface area contributed by atoms with Crippen LogP contribution in [0.2, 0.25) is 0 Å². The fourth-order valence-electron chi connectivity index (χ4n) is 5.05. The highest BCUT2D eigenvalue weighted by atomic mass is 35.5. The standard InChI is InChI=1S/C27H36FNO.ClH/c1-21(22-9-12-26(28)13-10-22)25(15-18-29-16-5-2-6-17-29)20-30-27-14-11-23-7-3-4-8-24(23)19-27;/h9-14,19,21,25H,2-8,15-18,20H2,1H3;1H. The normalized spacial score (nSPS) is 18.5. The first-order chi connectivity index (χ1) is 14.7. The molecule has 2 aromatic rings. The van der Waals surface area contributed by atoms with Crippen molar-refractivity contribution < 1.29 is 9.13 Å². The van der Waals surface area contributed by atoms with Crippen molar-refractivity contribution in [2.45, 2.75) is 64.2 Å². The van der Waals surface area contributed by atoms with Gasteiger partial charge in [-0.05, 0) is 111 Å². The summed E-state index contributed by atoms with van der Waals surface area (Å²) in [6, 6.07) is 13.7. The van der Waals surface area contributed by atoms with Gasteiger partial charge >= 0.3 is 0 Å². The van der Waals surface area contributed by atoms with Gasteiger partial charge in [-0.25, -0.2) is 4.39 Å². The van der Waals surface area contributed by atoms with E-state index in [1.165, 1.54) is 74.7 Å². The molecule has 0 N–H and O–H groups in total. The number of hydrogen-bond acceptors (Lipinski definition) is 2. The summed E-state index contributed by atoms with van der Waals surface area (Å²) in [6.45, 7) is 6.56. The number of hydrogen-bond donors (Lipinski definition) is 0. The maximum Gasteiger partial charge on any atom is 0.123 e. The quantitative estimate of drug-likeness (QED) is 0.443. The lowest BCUT2D eigenvalue weighted by Crippen LogP contribution is -2.33. The number of ether oxygens (including phenoxy) is 1. The van der Waals surface area contributed by atoms with E-state index in [1.807, 2.05) is 12.1 Å². The van der Waals surface area contributed by atoms with Gasteiger partial charge in [-0.15, -0.1) is 12.4 Å². The number of piperidine rings is 1. The summed E-state index contributed by atoms with van der Waals surface area (Å²) in [5.74, 6) is 1.59. The van der Waals surface area contributed by atoms with Crippen LogP contribution in [-0.4, -0.2) is 31.1 Å². The van der Waals surface area contributed by atoms with Crippen LogP contribution in [0, 0.1) is 11.7 Å². The molecule has 2 aromatic carbocycles. The lowest BCUT2D eigenvalue weighted by Gasteiger charge is -2.30. The summed E-state index contributed by atoms with van der Waals surface area (Å²) in [7, 11) is 0. The van der Waals surface area contributed by atoms with Gasteiger partial charge in [0.15, 0.2) is 0 Å². The van der Waals surface area contributed by atoms with Gasteiger partial charge in [0.1, 0.15) is 11.6 Å². The summed E-state index contributed by atoms with van der Waals surface area (Å²) in [6.07, 6.45) is 10.1. The minimum Gasteiger partial charge on any atom is -0.493 e. The molecule has 0 spiro atoms. The van der Waals surface area contributed by atoms with Gasteiger partial charge in [0.05, 0.1) is 6.61 Å². The zero-order valence-corrected chi connectivity index (χ0v) is 19.6. The maximum absolute atomic E-state index is 13.4. The zero-order valence-electron chi connectivity index (χ0n) is 18.8. The van der Waals surface area contributed by atoms with Gasteiger partial charge < -0.3 is 9.64 Å². The van der Waals surface area contributed by atoms with Crippen LogP contribution in [0.3, 0.4) is 0 Å². The third kappa shape index (κ3) is 6.70. The average Bonchev–Trinajstić information content (AvgIpc) is 2.80. The number of benzene rings is 2. The van der Waals surface area contributed by atoms with E-state index in [2.05, 4.69) is 30.0 Å². The molecule has 0 amide bonds. The van der Waals surface area contributed by atoms with Gasteiger partial charge in [0.25, 0.3) is 0 Å². The van der Waals surface area contributed by atoms with E-state index >= 15 is 0 Å². The number of fused-ring (bicyclic) bond motifs is 1. The molecule has 2 atom stereocenters. The van der Waals surface area contributed by atoms with Crippen LogP contribution in [0.1, 0.15) is 68.1 Å². The van der Waals surface area contributed by atoms with Gasteiger partial charge in [-0.1, -0.05) is 31.5 Å². The van der Waals surface area contributed by atoms with Gasteiger partial charge in [-0.2, -0.15) is 0 Å². The van der Waals surface area contributed by atoms with Crippen molar-refractivity contribution in [1.82, 2.24) is 4.90 Å². The molecular weight excluding hydrogens is 409 g/mol. The molecule has 1 aliphatic carbocycles. The lowest BCUT2D eigenvalue weighted by atomic mass is 9.85. The summed E-state index contributed by atoms with van der Waals surface area (Å²) in [4.78, 5) is 2.60. The predicted octanol–water partition coefficient (Wildman–Crippen LogP) is 6.80. The molecule has 2 aliphatic rings. The Kier molecular flexibility index (Phi) is 9.22. The smallest absolute Gasteiger partial charge is 0.123 e. The van der Waals surface area contributed by atoms with Crippen molar-refractivity contribution in [3.8, 4) is 5.75 Å². The number of aryl methyl sites for hydroxylation is 2. The van der Waals surface area contributed by atoms with E-state index in [-0.39, 0.29) is 18.2 Å². The Hall–Kier alpha value is -1.58. The van der Waals surface area contributed by atoms with Gasteiger partial charge in [0, 0.05) is 5.92 Å². The summed E-state index contributed by atoms with van der Waals surface area (Å²) >= 11 is 0. The molecule has 31 heavy (non-hydrogen) atoms. The summed E-state index contributed by atoms with van der Waals surface area (Å²) in [5, 5.41) is 0. The summed E-state index contributed by atoms with van der Waals surface area (Å²) in [5.41, 5.74) is 4.17. The molecular formula is C27H37ClFNO. The first-order valence-electron chi connectivity index (χ1n) is 11.9. The van der Waals surface area contributed by atoms with E-state index in [1.54, 1.807) is 12.1 Å². The highest BCUT2D eigenvalue weighted by Crippen LogP contribution is 2.30. The van der Waals surface area contributed by atoms with Crippen molar-refractivity contribution in [2.24, 2.45) is 5.92 Å². The summed E-state index contributed by atoms with van der Waals surface area (Å²) < 4.78 is 19.8. The molecule has 170 valence electrons. The molecule has 0 saturated carbocycles. The average molecular weight is 446 g/mol. The van der Waals surface area contributed by atoms with Crippen molar-refractivity contribution in [3.05, 3.63) is 65.0 Å². The van der Waals surface area contributed by atoms with Crippen molar-refractivity contribution in [3.63, 3.8) is 0 Å². The number of halogens is 2. The minimum atomic E-state index is -0.166. The van der Waals surface area contributed by atoms with E-state index in [4.69, 9.17) is 4.74 Å². The first kappa shape index (κ1) is 24.1. The van der Waals surface area contributed by atoms with E-state index in [9.17, 15) is 4.39 Å². The van der Waals surface area contributed by atoms with Crippen LogP contribution in [0.25, 0.3) is 0 Å². The highest BCUT2D eigenvalue weighted by molar-refractivity contribution is 5.85. The molecule has 1 saturated heterocycles. The highest BCUT2D eigenvalue weighted by Gasteiger charge is 2.22. The Morgan fingerprint density at radius 3 is 2.35 bits per heavy atom. The Morgan fingerprint density at radius 2 is 1.61 bits per heavy atom. The fraction of sp³-hybridized carbons (Fsp3) is 0.556. The van der Waals surface area contributed by atoms with Crippen LogP contribution in [0.4, 0.5) is 4.39 Å². The lowest BCUT2D eigenvalue weighted by molar-refractivity contribution is 0.173. The van der Waals surface area contributed by atoms with E-state index in [0.29, 0.717) is 18.4 Å². The fourth-order valence-corrected chi connectivity index (χ4v) is 5.05. The van der Waals surface area contributed by atoms with Crippen LogP contribution in [0.15, 0.2) is 42.5 Å². The van der Waals surface area contributed by atoms with Crippen LogP contribution in [-0.2, 0) is 12.8 Å². The van der Waals surface area contributed by atoms with Crippen LogP contribution in [0.5, 0.6) is 5.75 Å². The SMILES string of the molecule is CC(c1ccc(F)cc1)C(CCN1CCCCC1)COc1ccc2c(c1)CCCC2.Cl. The molecule has 0 aromatic heterocycles. The molecule has 0 radical (unpaired) electrons. The van der Waals surface area contributed by atoms with Crippen molar-refractivity contribution in [1.29, 1.82) is 0 Å². The number of likely N-dealkylation sites (tertiary alicyclic amines) is 1. The Balaban J connectivity index is 0.00000272. The number of rotatable bonds is 8. The maximum atomic E-state index is 13.4. The van der Waals surface area contributed by atoms with E-state index < -0.39 is 0 Å².